The number of ether oxygens (including phenoxy) is 1. The highest BCUT2D eigenvalue weighted by Crippen LogP contribution is 2.20. The average Bonchev–Trinajstić information content (AvgIpc) is 2.48. The summed E-state index contributed by atoms with van der Waals surface area (Å²) >= 11 is 5.85. The molecular formula is C16H17ClN2O2. The van der Waals surface area contributed by atoms with Crippen LogP contribution in [-0.4, -0.2) is 25.0 Å². The van der Waals surface area contributed by atoms with Crippen LogP contribution < -0.4 is 10.5 Å². The lowest BCUT2D eigenvalue weighted by atomic mass is 10.1. The number of nitrogens with zero attached hydrogens (tertiary/aromatic N) is 1. The number of carbonyl (C=O) groups excluding carboxylic acids is 1. The maximum absolute atomic E-state index is 12.4. The van der Waals surface area contributed by atoms with Crippen molar-refractivity contribution in [3.63, 3.8) is 0 Å². The van der Waals surface area contributed by atoms with Crippen molar-refractivity contribution in [1.29, 1.82) is 0 Å². The number of hydrogen-bond acceptors (Lipinski definition) is 3. The highest BCUT2D eigenvalue weighted by Gasteiger charge is 2.14. The quantitative estimate of drug-likeness (QED) is 0.883. The van der Waals surface area contributed by atoms with Crippen LogP contribution in [0.2, 0.25) is 5.02 Å². The number of methoxy groups -OCH3 is 1. The summed E-state index contributed by atoms with van der Waals surface area (Å²) in [6.07, 6.45) is 0. The molecule has 0 spiro atoms. The van der Waals surface area contributed by atoms with Gasteiger partial charge < -0.3 is 15.4 Å². The van der Waals surface area contributed by atoms with Gasteiger partial charge in [-0.25, -0.2) is 0 Å². The van der Waals surface area contributed by atoms with E-state index in [9.17, 15) is 4.79 Å². The third-order valence-corrected chi connectivity index (χ3v) is 3.34. The first-order valence-electron chi connectivity index (χ1n) is 6.44. The predicted octanol–water partition coefficient (Wildman–Crippen LogP) is 3.20. The van der Waals surface area contributed by atoms with Crippen LogP contribution in [0.5, 0.6) is 5.75 Å². The standard InChI is InChI=1S/C16H17ClN2O2/c1-19(10-11-3-5-13(17)6-4-11)16(20)12-7-14(18)9-15(8-12)21-2/h3-9H,10,18H2,1-2H3. The van der Waals surface area contributed by atoms with Crippen LogP contribution in [-0.2, 0) is 6.54 Å². The second-order valence-corrected chi connectivity index (χ2v) is 5.22. The summed E-state index contributed by atoms with van der Waals surface area (Å²) < 4.78 is 5.13. The van der Waals surface area contributed by atoms with Gasteiger partial charge in [0.05, 0.1) is 7.11 Å². The van der Waals surface area contributed by atoms with Crippen LogP contribution in [0.3, 0.4) is 0 Å². The van der Waals surface area contributed by atoms with Crippen LogP contribution in [0.4, 0.5) is 5.69 Å². The van der Waals surface area contributed by atoms with Gasteiger partial charge in [-0.15, -0.1) is 0 Å². The second kappa shape index (κ2) is 6.50. The first-order valence-corrected chi connectivity index (χ1v) is 6.82. The minimum atomic E-state index is -0.115. The normalized spacial score (nSPS) is 10.2. The lowest BCUT2D eigenvalue weighted by molar-refractivity contribution is 0.0785. The molecule has 1 amide bonds. The Morgan fingerprint density at radius 1 is 1.24 bits per heavy atom. The van der Waals surface area contributed by atoms with E-state index in [1.165, 1.54) is 0 Å². The molecule has 0 aliphatic carbocycles. The van der Waals surface area contributed by atoms with Crippen LogP contribution >= 0.6 is 11.6 Å². The van der Waals surface area contributed by atoms with E-state index in [2.05, 4.69) is 0 Å². The van der Waals surface area contributed by atoms with E-state index in [0.29, 0.717) is 28.6 Å². The fourth-order valence-electron chi connectivity index (χ4n) is 2.02. The summed E-state index contributed by atoms with van der Waals surface area (Å²) in [5, 5.41) is 0.674. The summed E-state index contributed by atoms with van der Waals surface area (Å²) in [7, 11) is 3.28. The molecule has 0 aliphatic heterocycles. The van der Waals surface area contributed by atoms with E-state index in [1.54, 1.807) is 49.4 Å². The Bertz CT molecular complexity index is 641. The first kappa shape index (κ1) is 15.2. The molecule has 2 aromatic rings. The number of rotatable bonds is 4. The average molecular weight is 305 g/mol. The minimum Gasteiger partial charge on any atom is -0.497 e. The monoisotopic (exact) mass is 304 g/mol. The molecule has 4 nitrogen and oxygen atoms in total. The van der Waals surface area contributed by atoms with Gasteiger partial charge in [0.1, 0.15) is 5.75 Å². The topological polar surface area (TPSA) is 55.6 Å². The van der Waals surface area contributed by atoms with Crippen LogP contribution in [0.1, 0.15) is 15.9 Å². The minimum absolute atomic E-state index is 0.115. The zero-order chi connectivity index (χ0) is 15.4. The molecule has 21 heavy (non-hydrogen) atoms. The fourth-order valence-corrected chi connectivity index (χ4v) is 2.15. The van der Waals surface area contributed by atoms with E-state index in [4.69, 9.17) is 22.1 Å². The van der Waals surface area contributed by atoms with Crippen LogP contribution in [0.25, 0.3) is 0 Å². The molecule has 0 radical (unpaired) electrons. The number of amides is 1. The summed E-state index contributed by atoms with van der Waals surface area (Å²) in [5.41, 5.74) is 7.78. The maximum atomic E-state index is 12.4. The molecule has 2 rings (SSSR count). The first-order chi connectivity index (χ1) is 9.99. The van der Waals surface area contributed by atoms with Crippen molar-refractivity contribution < 1.29 is 9.53 Å². The van der Waals surface area contributed by atoms with Gasteiger partial charge in [-0.05, 0) is 29.8 Å². The number of nitrogen functional groups attached to an aromatic ring is 1. The summed E-state index contributed by atoms with van der Waals surface area (Å²) in [5.74, 6) is 0.453. The lowest BCUT2D eigenvalue weighted by Crippen LogP contribution is -2.26. The Morgan fingerprint density at radius 3 is 2.52 bits per heavy atom. The SMILES string of the molecule is COc1cc(N)cc(C(=O)N(C)Cc2ccc(Cl)cc2)c1. The Balaban J connectivity index is 2.15. The molecule has 110 valence electrons. The van der Waals surface area contributed by atoms with E-state index in [1.807, 2.05) is 12.1 Å². The number of anilines is 1. The van der Waals surface area contributed by atoms with Gasteiger partial charge in [-0.1, -0.05) is 23.7 Å². The van der Waals surface area contributed by atoms with E-state index in [-0.39, 0.29) is 5.91 Å². The number of hydrogen-bond donors (Lipinski definition) is 1. The Hall–Kier alpha value is -2.20. The Labute approximate surface area is 129 Å². The molecule has 0 heterocycles. The second-order valence-electron chi connectivity index (χ2n) is 4.78. The molecular weight excluding hydrogens is 288 g/mol. The zero-order valence-corrected chi connectivity index (χ0v) is 12.7. The van der Waals surface area contributed by atoms with Crippen LogP contribution in [0.15, 0.2) is 42.5 Å². The molecule has 0 aliphatic rings. The predicted molar refractivity (Wildman–Crippen MR) is 84.7 cm³/mol. The maximum Gasteiger partial charge on any atom is 0.254 e. The number of carbonyl (C=O) groups is 1. The van der Waals surface area contributed by atoms with Crippen molar-refractivity contribution in [2.45, 2.75) is 6.54 Å². The van der Waals surface area contributed by atoms with Crippen molar-refractivity contribution in [2.75, 3.05) is 19.9 Å². The third kappa shape index (κ3) is 3.89. The fraction of sp³-hybridized carbons (Fsp3) is 0.188. The lowest BCUT2D eigenvalue weighted by Gasteiger charge is -2.18. The molecule has 2 aromatic carbocycles. The summed E-state index contributed by atoms with van der Waals surface area (Å²) in [6, 6.07) is 12.4. The summed E-state index contributed by atoms with van der Waals surface area (Å²) in [6.45, 7) is 0.493. The van der Waals surface area contributed by atoms with Gasteiger partial charge in [0, 0.05) is 35.9 Å². The molecule has 0 bridgehead atoms. The van der Waals surface area contributed by atoms with Gasteiger partial charge in [0.2, 0.25) is 0 Å². The van der Waals surface area contributed by atoms with Gasteiger partial charge in [0.15, 0.2) is 0 Å². The van der Waals surface area contributed by atoms with Crippen molar-refractivity contribution in [3.05, 3.63) is 58.6 Å². The van der Waals surface area contributed by atoms with Gasteiger partial charge >= 0.3 is 0 Å². The zero-order valence-electron chi connectivity index (χ0n) is 12.0. The Morgan fingerprint density at radius 2 is 1.90 bits per heavy atom. The van der Waals surface area contributed by atoms with Gasteiger partial charge in [-0.2, -0.15) is 0 Å². The molecule has 0 atom stereocenters. The van der Waals surface area contributed by atoms with Crippen molar-refractivity contribution in [2.24, 2.45) is 0 Å². The van der Waals surface area contributed by atoms with E-state index < -0.39 is 0 Å². The smallest absolute Gasteiger partial charge is 0.254 e. The molecule has 0 unspecified atom stereocenters. The number of nitrogens with two attached hydrogens (primary N) is 1. The number of benzene rings is 2. The van der Waals surface area contributed by atoms with Gasteiger partial charge in [-0.3, -0.25) is 4.79 Å². The van der Waals surface area contributed by atoms with Crippen LogP contribution in [0, 0.1) is 0 Å². The molecule has 0 saturated heterocycles. The number of halogens is 1. The molecule has 5 heteroatoms. The van der Waals surface area contributed by atoms with Gasteiger partial charge in [0.25, 0.3) is 5.91 Å². The highest BCUT2D eigenvalue weighted by molar-refractivity contribution is 6.30. The van der Waals surface area contributed by atoms with Crippen molar-refractivity contribution in [1.82, 2.24) is 4.90 Å². The Kier molecular flexibility index (Phi) is 4.70. The third-order valence-electron chi connectivity index (χ3n) is 3.09. The van der Waals surface area contributed by atoms with E-state index >= 15 is 0 Å². The molecule has 0 fully saturated rings. The molecule has 2 N–H and O–H groups in total. The van der Waals surface area contributed by atoms with E-state index in [0.717, 1.165) is 5.56 Å². The highest BCUT2D eigenvalue weighted by atomic mass is 35.5. The summed E-state index contributed by atoms with van der Waals surface area (Å²) in [4.78, 5) is 14.0. The molecule has 0 saturated carbocycles. The van der Waals surface area contributed by atoms with Crippen molar-refractivity contribution >= 4 is 23.2 Å². The van der Waals surface area contributed by atoms with Crippen molar-refractivity contribution in [3.8, 4) is 5.75 Å². The molecule has 0 aromatic heterocycles. The largest absolute Gasteiger partial charge is 0.497 e.